The summed E-state index contributed by atoms with van der Waals surface area (Å²) in [5.74, 6) is 0.908. The molecular formula is C23H36ClN5O. The Bertz CT molecular complexity index is 715. The maximum Gasteiger partial charge on any atom is 0.191 e. The van der Waals surface area contributed by atoms with E-state index in [4.69, 9.17) is 16.3 Å². The summed E-state index contributed by atoms with van der Waals surface area (Å²) in [4.78, 5) is 9.62. The molecule has 0 amide bonds. The molecule has 4 rings (SSSR count). The summed E-state index contributed by atoms with van der Waals surface area (Å²) in [5.41, 5.74) is 1.33. The number of anilines is 1. The van der Waals surface area contributed by atoms with Crippen molar-refractivity contribution in [1.82, 2.24) is 15.5 Å². The van der Waals surface area contributed by atoms with E-state index in [9.17, 15) is 0 Å². The van der Waals surface area contributed by atoms with E-state index in [1.165, 1.54) is 25.9 Å². The molecule has 2 N–H and O–H groups in total. The molecule has 1 aromatic carbocycles. The minimum Gasteiger partial charge on any atom is -0.381 e. The van der Waals surface area contributed by atoms with Crippen molar-refractivity contribution in [3.63, 3.8) is 0 Å². The number of nitrogens with one attached hydrogen (secondary N) is 2. The maximum absolute atomic E-state index is 6.44. The van der Waals surface area contributed by atoms with Gasteiger partial charge in [0.1, 0.15) is 0 Å². The van der Waals surface area contributed by atoms with Crippen molar-refractivity contribution < 1.29 is 4.74 Å². The van der Waals surface area contributed by atoms with Crippen LogP contribution in [0.2, 0.25) is 5.02 Å². The number of piperidine rings is 1. The van der Waals surface area contributed by atoms with Crippen molar-refractivity contribution in [3.8, 4) is 0 Å². The molecule has 0 saturated carbocycles. The van der Waals surface area contributed by atoms with Crippen LogP contribution in [-0.4, -0.2) is 75.4 Å². The van der Waals surface area contributed by atoms with Crippen molar-refractivity contribution in [2.24, 2.45) is 4.99 Å². The van der Waals surface area contributed by atoms with Crippen LogP contribution in [0.3, 0.4) is 0 Å². The molecule has 1 atom stereocenters. The van der Waals surface area contributed by atoms with Gasteiger partial charge < -0.3 is 20.3 Å². The zero-order valence-corrected chi connectivity index (χ0v) is 19.0. The molecule has 3 saturated heterocycles. The average molecular weight is 434 g/mol. The Kier molecular flexibility index (Phi) is 7.39. The summed E-state index contributed by atoms with van der Waals surface area (Å²) in [7, 11) is 1.87. The van der Waals surface area contributed by atoms with E-state index in [2.05, 4.69) is 37.6 Å². The van der Waals surface area contributed by atoms with Crippen LogP contribution in [0.4, 0.5) is 5.69 Å². The summed E-state index contributed by atoms with van der Waals surface area (Å²) >= 11 is 6.44. The lowest BCUT2D eigenvalue weighted by molar-refractivity contribution is -0.0164. The Labute approximate surface area is 186 Å². The largest absolute Gasteiger partial charge is 0.381 e. The Morgan fingerprint density at radius 2 is 1.93 bits per heavy atom. The number of guanidine groups is 1. The van der Waals surface area contributed by atoms with Crippen LogP contribution in [0.15, 0.2) is 29.3 Å². The molecular weight excluding hydrogens is 398 g/mol. The number of para-hydroxylation sites is 1. The number of benzene rings is 1. The molecule has 166 valence electrons. The molecule has 30 heavy (non-hydrogen) atoms. The SMILES string of the molecule is CN=C(NCC1(N2CCCC2)CCOCC1)NC1CCCN(c2ccccc2Cl)C1. The Morgan fingerprint density at radius 1 is 1.17 bits per heavy atom. The van der Waals surface area contributed by atoms with E-state index < -0.39 is 0 Å². The second-order valence-corrected chi connectivity index (χ2v) is 9.24. The average Bonchev–Trinajstić information content (AvgIpc) is 3.33. The molecule has 0 spiro atoms. The van der Waals surface area contributed by atoms with Gasteiger partial charge in [-0.25, -0.2) is 0 Å². The molecule has 0 aromatic heterocycles. The fourth-order valence-electron chi connectivity index (χ4n) is 5.21. The van der Waals surface area contributed by atoms with E-state index in [0.717, 1.165) is 75.2 Å². The Morgan fingerprint density at radius 3 is 2.67 bits per heavy atom. The first kappa shape index (κ1) is 21.7. The van der Waals surface area contributed by atoms with Crippen LogP contribution in [0.25, 0.3) is 0 Å². The van der Waals surface area contributed by atoms with Gasteiger partial charge in [-0.3, -0.25) is 9.89 Å². The summed E-state index contributed by atoms with van der Waals surface area (Å²) < 4.78 is 5.69. The van der Waals surface area contributed by atoms with Gasteiger partial charge in [-0.05, 0) is 63.7 Å². The zero-order valence-electron chi connectivity index (χ0n) is 18.2. The number of nitrogens with zero attached hydrogens (tertiary/aromatic N) is 3. The lowest BCUT2D eigenvalue weighted by atomic mass is 9.88. The van der Waals surface area contributed by atoms with E-state index >= 15 is 0 Å². The summed E-state index contributed by atoms with van der Waals surface area (Å²) in [5, 5.41) is 8.17. The van der Waals surface area contributed by atoms with Crippen molar-refractivity contribution in [2.75, 3.05) is 57.9 Å². The third-order valence-corrected chi connectivity index (χ3v) is 7.28. The van der Waals surface area contributed by atoms with E-state index in [0.29, 0.717) is 6.04 Å². The molecule has 1 aromatic rings. The molecule has 6 nitrogen and oxygen atoms in total. The van der Waals surface area contributed by atoms with E-state index in [-0.39, 0.29) is 5.54 Å². The van der Waals surface area contributed by atoms with E-state index in [1.54, 1.807) is 0 Å². The molecule has 7 heteroatoms. The van der Waals surface area contributed by atoms with Crippen molar-refractivity contribution >= 4 is 23.2 Å². The second-order valence-electron chi connectivity index (χ2n) is 8.84. The maximum atomic E-state index is 6.44. The normalized spacial score (nSPS) is 25.3. The first-order chi connectivity index (χ1) is 14.7. The van der Waals surface area contributed by atoms with Gasteiger partial charge in [0.15, 0.2) is 5.96 Å². The lowest BCUT2D eigenvalue weighted by Gasteiger charge is -2.45. The minimum atomic E-state index is 0.197. The van der Waals surface area contributed by atoms with Crippen molar-refractivity contribution in [1.29, 1.82) is 0 Å². The van der Waals surface area contributed by atoms with Crippen LogP contribution >= 0.6 is 11.6 Å². The van der Waals surface area contributed by atoms with Gasteiger partial charge in [-0.15, -0.1) is 0 Å². The fourth-order valence-corrected chi connectivity index (χ4v) is 5.46. The predicted molar refractivity (Wildman–Crippen MR) is 125 cm³/mol. The summed E-state index contributed by atoms with van der Waals surface area (Å²) in [6.07, 6.45) is 7.12. The van der Waals surface area contributed by atoms with Gasteiger partial charge in [0.05, 0.1) is 10.7 Å². The molecule has 3 aliphatic heterocycles. The van der Waals surface area contributed by atoms with Crippen LogP contribution < -0.4 is 15.5 Å². The third kappa shape index (κ3) is 5.04. The first-order valence-electron chi connectivity index (χ1n) is 11.5. The molecule has 3 aliphatic rings. The van der Waals surface area contributed by atoms with Crippen molar-refractivity contribution in [2.45, 2.75) is 50.1 Å². The number of hydrogen-bond acceptors (Lipinski definition) is 4. The third-order valence-electron chi connectivity index (χ3n) is 6.96. The van der Waals surface area contributed by atoms with Crippen molar-refractivity contribution in [3.05, 3.63) is 29.3 Å². The van der Waals surface area contributed by atoms with Gasteiger partial charge >= 0.3 is 0 Å². The Hall–Kier alpha value is -1.50. The molecule has 0 radical (unpaired) electrons. The van der Waals surface area contributed by atoms with Crippen LogP contribution in [-0.2, 0) is 4.74 Å². The standard InChI is InChI=1S/C23H36ClN5O/c1-25-22(26-18-23(10-15-30-16-11-23)29-13-4-5-14-29)27-19-7-6-12-28(17-19)21-9-3-2-8-20(21)24/h2-3,8-9,19H,4-7,10-18H2,1H3,(H2,25,26,27). The van der Waals surface area contributed by atoms with E-state index in [1.807, 2.05) is 19.2 Å². The zero-order chi connectivity index (χ0) is 20.8. The highest BCUT2D eigenvalue weighted by atomic mass is 35.5. The van der Waals surface area contributed by atoms with Crippen LogP contribution in [0, 0.1) is 0 Å². The quantitative estimate of drug-likeness (QED) is 0.552. The molecule has 1 unspecified atom stereocenters. The first-order valence-corrected chi connectivity index (χ1v) is 11.9. The number of ether oxygens (including phenoxy) is 1. The van der Waals surface area contributed by atoms with Crippen LogP contribution in [0.1, 0.15) is 38.5 Å². The molecule has 3 heterocycles. The number of rotatable bonds is 5. The molecule has 0 aliphatic carbocycles. The number of halogens is 1. The fraction of sp³-hybridized carbons (Fsp3) is 0.696. The molecule has 0 bridgehead atoms. The smallest absolute Gasteiger partial charge is 0.191 e. The monoisotopic (exact) mass is 433 g/mol. The summed E-state index contributed by atoms with van der Waals surface area (Å²) in [6.45, 7) is 7.06. The Balaban J connectivity index is 1.35. The van der Waals surface area contributed by atoms with Gasteiger partial charge in [-0.1, -0.05) is 23.7 Å². The number of hydrogen-bond donors (Lipinski definition) is 2. The summed E-state index contributed by atoms with van der Waals surface area (Å²) in [6, 6.07) is 8.50. The van der Waals surface area contributed by atoms with Gasteiger partial charge in [-0.2, -0.15) is 0 Å². The molecule has 3 fully saturated rings. The highest BCUT2D eigenvalue weighted by molar-refractivity contribution is 6.33. The highest BCUT2D eigenvalue weighted by Crippen LogP contribution is 2.31. The predicted octanol–water partition coefficient (Wildman–Crippen LogP) is 3.12. The van der Waals surface area contributed by atoms with Gasteiger partial charge in [0.2, 0.25) is 0 Å². The lowest BCUT2D eigenvalue weighted by Crippen LogP contribution is -2.60. The highest BCUT2D eigenvalue weighted by Gasteiger charge is 2.39. The second kappa shape index (κ2) is 10.2. The number of aliphatic imine (C=N–C) groups is 1. The van der Waals surface area contributed by atoms with Gasteiger partial charge in [0.25, 0.3) is 0 Å². The topological polar surface area (TPSA) is 52.1 Å². The minimum absolute atomic E-state index is 0.197. The van der Waals surface area contributed by atoms with Gasteiger partial charge in [0, 0.05) is 51.5 Å². The number of likely N-dealkylation sites (tertiary alicyclic amines) is 1. The van der Waals surface area contributed by atoms with Crippen LogP contribution in [0.5, 0.6) is 0 Å².